The van der Waals surface area contributed by atoms with Crippen LogP contribution in [0.3, 0.4) is 0 Å². The maximum Gasteiger partial charge on any atom is 0.416 e. The summed E-state index contributed by atoms with van der Waals surface area (Å²) in [5, 5.41) is 4.15. The van der Waals surface area contributed by atoms with Gasteiger partial charge in [0.05, 0.1) is 16.9 Å². The average Bonchev–Trinajstić information content (AvgIpc) is 3.47. The summed E-state index contributed by atoms with van der Waals surface area (Å²) >= 11 is 0. The van der Waals surface area contributed by atoms with Gasteiger partial charge in [0, 0.05) is 12.1 Å². The summed E-state index contributed by atoms with van der Waals surface area (Å²) in [6.07, 6.45) is -0.909. The third kappa shape index (κ3) is 7.52. The number of aromatic nitrogens is 2. The van der Waals surface area contributed by atoms with Gasteiger partial charge in [0.1, 0.15) is 11.5 Å². The van der Waals surface area contributed by atoms with Gasteiger partial charge < -0.3 is 4.42 Å². The topological polar surface area (TPSA) is 31.0 Å². The molecule has 0 amide bonds. The molecule has 4 aromatic rings. The van der Waals surface area contributed by atoms with Crippen molar-refractivity contribution in [2.45, 2.75) is 106 Å². The summed E-state index contributed by atoms with van der Waals surface area (Å²) < 4.78 is 45.0. The first-order valence-corrected chi connectivity index (χ1v) is 14.5. The van der Waals surface area contributed by atoms with E-state index in [9.17, 15) is 13.2 Å². The Bertz CT molecular complexity index is 1470. The van der Waals surface area contributed by atoms with E-state index in [2.05, 4.69) is 64.0 Å². The molecule has 1 aliphatic rings. The van der Waals surface area contributed by atoms with Crippen LogP contribution in [0.15, 0.2) is 59.0 Å². The third-order valence-corrected chi connectivity index (χ3v) is 7.90. The quantitative estimate of drug-likeness (QED) is 0.247. The molecule has 1 aliphatic carbocycles. The summed E-state index contributed by atoms with van der Waals surface area (Å²) in [6.45, 7) is 21.4. The Morgan fingerprint density at radius 1 is 0.829 bits per heavy atom. The summed E-state index contributed by atoms with van der Waals surface area (Å²) in [5.41, 5.74) is 7.77. The number of alkyl halides is 3. The number of halogens is 3. The third-order valence-electron chi connectivity index (χ3n) is 7.90. The molecule has 2 aromatic heterocycles. The number of aryl methyl sites for hydroxylation is 4. The van der Waals surface area contributed by atoms with Gasteiger partial charge in [0.15, 0.2) is 0 Å². The second-order valence-electron chi connectivity index (χ2n) is 12.2. The van der Waals surface area contributed by atoms with E-state index >= 15 is 0 Å². The van der Waals surface area contributed by atoms with Crippen LogP contribution in [0.25, 0.3) is 5.69 Å². The normalized spacial score (nSPS) is 15.2. The Kier molecular flexibility index (Phi) is 9.67. The summed E-state index contributed by atoms with van der Waals surface area (Å²) in [7, 11) is 0. The van der Waals surface area contributed by atoms with Crippen LogP contribution in [0.2, 0.25) is 0 Å². The molecule has 5 rings (SSSR count). The van der Waals surface area contributed by atoms with Crippen LogP contribution in [-0.2, 0) is 23.4 Å². The zero-order valence-electron chi connectivity index (χ0n) is 26.3. The van der Waals surface area contributed by atoms with Crippen molar-refractivity contribution in [2.24, 2.45) is 0 Å². The first kappa shape index (κ1) is 32.2. The minimum absolute atomic E-state index is 0.270. The van der Waals surface area contributed by atoms with Crippen molar-refractivity contribution in [3.8, 4) is 5.69 Å². The van der Waals surface area contributed by atoms with Gasteiger partial charge >= 0.3 is 6.18 Å². The molecule has 0 N–H and O–H groups in total. The Hall–Kier alpha value is -3.28. The van der Waals surface area contributed by atoms with Crippen molar-refractivity contribution >= 4 is 0 Å². The second kappa shape index (κ2) is 12.3. The number of furan rings is 1. The molecular weight excluding hydrogens is 521 g/mol. The molecule has 41 heavy (non-hydrogen) atoms. The Morgan fingerprint density at radius 3 is 1.95 bits per heavy atom. The second-order valence-corrected chi connectivity index (χ2v) is 12.2. The van der Waals surface area contributed by atoms with Gasteiger partial charge in [-0.1, -0.05) is 59.7 Å². The van der Waals surface area contributed by atoms with Crippen molar-refractivity contribution in [1.82, 2.24) is 9.78 Å². The van der Waals surface area contributed by atoms with E-state index in [0.717, 1.165) is 41.5 Å². The Balaban J connectivity index is 0.000000219. The molecule has 6 heteroatoms. The fraction of sp³-hybridized carbons (Fsp3) is 0.457. The van der Waals surface area contributed by atoms with E-state index in [1.807, 2.05) is 26.8 Å². The van der Waals surface area contributed by atoms with Crippen LogP contribution < -0.4 is 0 Å². The van der Waals surface area contributed by atoms with Crippen molar-refractivity contribution in [3.05, 3.63) is 105 Å². The van der Waals surface area contributed by atoms with Crippen molar-refractivity contribution in [3.63, 3.8) is 0 Å². The van der Waals surface area contributed by atoms with E-state index in [-0.39, 0.29) is 10.8 Å². The average molecular weight is 567 g/mol. The fourth-order valence-electron chi connectivity index (χ4n) is 5.43. The van der Waals surface area contributed by atoms with Crippen LogP contribution in [-0.4, -0.2) is 9.78 Å². The van der Waals surface area contributed by atoms with Gasteiger partial charge in [-0.2, -0.15) is 18.3 Å². The molecule has 0 fully saturated rings. The van der Waals surface area contributed by atoms with Gasteiger partial charge in [-0.15, -0.1) is 0 Å². The number of nitrogens with zero attached hydrogens (tertiary/aromatic N) is 2. The maximum absolute atomic E-state index is 12.6. The molecule has 2 aromatic carbocycles. The number of hydrogen-bond donors (Lipinski definition) is 0. The standard InChI is InChI=1S/C21H28O.C12H11F3N2.C2H6/c1-14-11-18-19(21(5,6)10-9-20(18,3)4)13-16(14)12-17-8-7-15(2)22-17;1-8-6-9(2)17(16-8)11-5-3-4-10(7-11)12(13,14)15;1-2/h7-8,11,13H,9-10,12H2,1-6H3;3-7H,1-2H3;1-2H3. The number of fused-ring (bicyclic) bond motifs is 1. The van der Waals surface area contributed by atoms with Crippen LogP contribution in [0.5, 0.6) is 0 Å². The predicted molar refractivity (Wildman–Crippen MR) is 162 cm³/mol. The lowest BCUT2D eigenvalue weighted by Gasteiger charge is -2.42. The van der Waals surface area contributed by atoms with Crippen molar-refractivity contribution in [2.75, 3.05) is 0 Å². The first-order chi connectivity index (χ1) is 19.1. The minimum atomic E-state index is -4.33. The lowest BCUT2D eigenvalue weighted by atomic mass is 9.62. The summed E-state index contributed by atoms with van der Waals surface area (Å²) in [6, 6.07) is 16.0. The van der Waals surface area contributed by atoms with Crippen LogP contribution in [0, 0.1) is 27.7 Å². The van der Waals surface area contributed by atoms with Gasteiger partial charge in [-0.3, -0.25) is 0 Å². The number of rotatable bonds is 3. The van der Waals surface area contributed by atoms with Gasteiger partial charge in [0.2, 0.25) is 0 Å². The van der Waals surface area contributed by atoms with Crippen LogP contribution in [0.1, 0.15) is 105 Å². The van der Waals surface area contributed by atoms with Crippen LogP contribution >= 0.6 is 0 Å². The molecule has 0 saturated carbocycles. The van der Waals surface area contributed by atoms with E-state index in [4.69, 9.17) is 4.42 Å². The molecule has 0 bridgehead atoms. The molecule has 0 atom stereocenters. The zero-order chi connectivity index (χ0) is 30.8. The van der Waals surface area contributed by atoms with E-state index in [0.29, 0.717) is 5.69 Å². The highest BCUT2D eigenvalue weighted by atomic mass is 19.4. The van der Waals surface area contributed by atoms with E-state index in [1.165, 1.54) is 40.3 Å². The molecule has 222 valence electrons. The first-order valence-electron chi connectivity index (χ1n) is 14.5. The van der Waals surface area contributed by atoms with E-state index in [1.54, 1.807) is 25.5 Å². The SMILES string of the molecule is CC.Cc1cc(C)n(-c2cccc(C(F)(F)F)c2)n1.Cc1ccc(Cc2cc3c(cc2C)C(C)(C)CCC3(C)C)o1. The van der Waals surface area contributed by atoms with Crippen molar-refractivity contribution in [1.29, 1.82) is 0 Å². The maximum atomic E-state index is 12.6. The highest BCUT2D eigenvalue weighted by Gasteiger charge is 2.37. The molecule has 0 radical (unpaired) electrons. The van der Waals surface area contributed by atoms with Gasteiger partial charge in [0.25, 0.3) is 0 Å². The van der Waals surface area contributed by atoms with E-state index < -0.39 is 11.7 Å². The van der Waals surface area contributed by atoms with Crippen molar-refractivity contribution < 1.29 is 17.6 Å². The molecule has 0 aliphatic heterocycles. The monoisotopic (exact) mass is 566 g/mol. The highest BCUT2D eigenvalue weighted by molar-refractivity contribution is 5.47. The highest BCUT2D eigenvalue weighted by Crippen LogP contribution is 2.46. The minimum Gasteiger partial charge on any atom is -0.466 e. The molecule has 2 heterocycles. The fourth-order valence-corrected chi connectivity index (χ4v) is 5.43. The lowest BCUT2D eigenvalue weighted by molar-refractivity contribution is -0.137. The molecular formula is C35H45F3N2O. The van der Waals surface area contributed by atoms with Gasteiger partial charge in [-0.25, -0.2) is 4.68 Å². The largest absolute Gasteiger partial charge is 0.466 e. The zero-order valence-corrected chi connectivity index (χ0v) is 26.3. The lowest BCUT2D eigenvalue weighted by Crippen LogP contribution is -2.34. The molecule has 0 saturated heterocycles. The molecule has 0 spiro atoms. The Labute approximate surface area is 243 Å². The van der Waals surface area contributed by atoms with Crippen LogP contribution in [0.4, 0.5) is 13.2 Å². The number of hydrogen-bond acceptors (Lipinski definition) is 2. The molecule has 3 nitrogen and oxygen atoms in total. The van der Waals surface area contributed by atoms with Gasteiger partial charge in [-0.05, 0) is 110 Å². The smallest absolute Gasteiger partial charge is 0.416 e. The summed E-state index contributed by atoms with van der Waals surface area (Å²) in [5.74, 6) is 2.06. The predicted octanol–water partition coefficient (Wildman–Crippen LogP) is 10.4. The summed E-state index contributed by atoms with van der Waals surface area (Å²) in [4.78, 5) is 0. The molecule has 0 unspecified atom stereocenters. The number of benzene rings is 2. The Morgan fingerprint density at radius 2 is 1.44 bits per heavy atom.